The van der Waals surface area contributed by atoms with Crippen LogP contribution in [0.15, 0.2) is 225 Å². The highest BCUT2D eigenvalue weighted by Gasteiger charge is 2.55. The summed E-state index contributed by atoms with van der Waals surface area (Å²) in [5, 5.41) is 0. The van der Waals surface area contributed by atoms with Crippen LogP contribution >= 0.6 is 0 Å². The lowest BCUT2D eigenvalue weighted by Crippen LogP contribution is -2.66. The molecule has 0 aromatic heterocycles. The SMILES string of the molecule is C=CCO[C@@H]1[C@H](O[C@H]2O[C@H](COCCCCCCOC(c3ccccc3)(c3ccccc3)c3ccccc3)[C@H](OCc3ccccc3)[C@H](OCc3ccccc3)[C@H]2OCc2ccccc2)[C@@H](OC)O[C@H](COS(C)(=O)=O)[C@H]1OCc1ccccc1. The Morgan fingerprint density at radius 2 is 0.824 bits per heavy atom. The van der Waals surface area contributed by atoms with Gasteiger partial charge < -0.3 is 52.1 Å². The molecule has 15 heteroatoms. The van der Waals surface area contributed by atoms with Gasteiger partial charge in [0.05, 0.1) is 52.5 Å². The molecular weight excluding hydrogens is 1100 g/mol. The van der Waals surface area contributed by atoms with Gasteiger partial charge in [0.25, 0.3) is 10.1 Å². The zero-order chi connectivity index (χ0) is 58.9. The minimum Gasteiger partial charge on any atom is -0.379 e. The van der Waals surface area contributed by atoms with Gasteiger partial charge in [-0.25, -0.2) is 0 Å². The van der Waals surface area contributed by atoms with E-state index in [2.05, 4.69) is 79.4 Å². The Kier molecular flexibility index (Phi) is 24.6. The third-order valence-electron chi connectivity index (χ3n) is 15.0. The maximum atomic E-state index is 12.5. The minimum atomic E-state index is -3.90. The molecule has 0 unspecified atom stereocenters. The number of rotatable bonds is 34. The van der Waals surface area contributed by atoms with Crippen LogP contribution in [-0.2, 0) is 98.4 Å². The van der Waals surface area contributed by atoms with Gasteiger partial charge in [-0.3, -0.25) is 4.18 Å². The van der Waals surface area contributed by atoms with Crippen LogP contribution in [0.3, 0.4) is 0 Å². The normalized spacial score (nSPS) is 22.7. The molecule has 0 amide bonds. The van der Waals surface area contributed by atoms with Gasteiger partial charge in [-0.05, 0) is 51.8 Å². The van der Waals surface area contributed by atoms with E-state index in [0.717, 1.165) is 70.9 Å². The second kappa shape index (κ2) is 33.0. The summed E-state index contributed by atoms with van der Waals surface area (Å²) in [6.07, 6.45) is -3.55. The van der Waals surface area contributed by atoms with Crippen LogP contribution in [0.4, 0.5) is 0 Å². The van der Waals surface area contributed by atoms with Crippen LogP contribution in [0.2, 0.25) is 0 Å². The van der Waals surface area contributed by atoms with Crippen molar-refractivity contribution in [1.29, 1.82) is 0 Å². The Labute approximate surface area is 501 Å². The van der Waals surface area contributed by atoms with Crippen LogP contribution in [0.5, 0.6) is 0 Å². The van der Waals surface area contributed by atoms with E-state index in [1.165, 1.54) is 7.11 Å². The van der Waals surface area contributed by atoms with Crippen molar-refractivity contribution in [1.82, 2.24) is 0 Å². The van der Waals surface area contributed by atoms with E-state index in [1.807, 2.05) is 140 Å². The molecule has 2 fully saturated rings. The Bertz CT molecular complexity index is 2980. The number of benzene rings is 7. The standard InChI is InChI=1S/C70H80O14S/c1-4-44-75-65-63(77-48-54-32-16-8-17-33-54)61(52-81-85(3,71)72)82-68(73-2)67(65)84-69-66(79-50-56-36-20-10-21-37-56)64(78-49-55-34-18-9-19-35-55)62(76-47-53-30-14-7-15-31-53)60(83-69)51-74-45-28-5-6-29-46-80-70(57-38-22-11-23-39-57,58-40-24-12-25-41-58)59-42-26-13-27-43-59/h4,7-27,30-43,60-69H,1,5-6,28-29,44-52H2,2-3H3/t60-,61-,62+,63-,64+,65+,66-,67+,68+,69-/m1/s1. The van der Waals surface area contributed by atoms with E-state index in [0.29, 0.717) is 13.2 Å². The van der Waals surface area contributed by atoms with Crippen molar-refractivity contribution < 1.29 is 64.7 Å². The number of methoxy groups -OCH3 is 1. The van der Waals surface area contributed by atoms with E-state index in [9.17, 15) is 8.42 Å². The molecule has 0 spiro atoms. The molecule has 0 N–H and O–H groups in total. The van der Waals surface area contributed by atoms with Crippen LogP contribution in [0.1, 0.15) is 64.6 Å². The third kappa shape index (κ3) is 18.2. The maximum Gasteiger partial charge on any atom is 0.264 e. The summed E-state index contributed by atoms with van der Waals surface area (Å²) in [5.41, 5.74) is 6.11. The molecule has 9 rings (SSSR count). The van der Waals surface area contributed by atoms with Gasteiger partial charge in [0, 0.05) is 20.3 Å². The molecule has 450 valence electrons. The largest absolute Gasteiger partial charge is 0.379 e. The highest BCUT2D eigenvalue weighted by Crippen LogP contribution is 2.41. The lowest BCUT2D eigenvalue weighted by atomic mass is 9.80. The van der Waals surface area contributed by atoms with Crippen LogP contribution < -0.4 is 0 Å². The fraction of sp³-hybridized carbons (Fsp3) is 0.371. The second-order valence-corrected chi connectivity index (χ2v) is 22.8. The fourth-order valence-electron chi connectivity index (χ4n) is 10.9. The fourth-order valence-corrected chi connectivity index (χ4v) is 11.3. The molecular formula is C70H80O14S. The van der Waals surface area contributed by atoms with Gasteiger partial charge >= 0.3 is 0 Å². The number of unbranched alkanes of at least 4 members (excludes halogenated alkanes) is 3. The molecule has 2 aliphatic rings. The van der Waals surface area contributed by atoms with Crippen molar-refractivity contribution in [3.8, 4) is 0 Å². The van der Waals surface area contributed by atoms with Crippen molar-refractivity contribution in [2.24, 2.45) is 0 Å². The third-order valence-corrected chi connectivity index (χ3v) is 15.6. The first kappa shape index (κ1) is 63.3. The summed E-state index contributed by atoms with van der Waals surface area (Å²) in [7, 11) is -2.43. The molecule has 10 atom stereocenters. The smallest absolute Gasteiger partial charge is 0.264 e. The average molecular weight is 1180 g/mol. The highest BCUT2D eigenvalue weighted by molar-refractivity contribution is 7.86. The van der Waals surface area contributed by atoms with E-state index >= 15 is 0 Å². The zero-order valence-corrected chi connectivity index (χ0v) is 49.4. The summed E-state index contributed by atoms with van der Waals surface area (Å²) in [6.45, 7) is 5.49. The summed E-state index contributed by atoms with van der Waals surface area (Å²) < 4.78 is 105. The van der Waals surface area contributed by atoms with Gasteiger partial charge in [0.2, 0.25) is 0 Å². The van der Waals surface area contributed by atoms with Gasteiger partial charge in [-0.2, -0.15) is 8.42 Å². The number of hydrogen-bond acceptors (Lipinski definition) is 14. The molecule has 2 saturated heterocycles. The van der Waals surface area contributed by atoms with Gasteiger partial charge in [-0.1, -0.05) is 231 Å². The topological polar surface area (TPSA) is 145 Å². The first-order valence-electron chi connectivity index (χ1n) is 29.3. The van der Waals surface area contributed by atoms with E-state index in [4.69, 9.17) is 56.3 Å². The van der Waals surface area contributed by atoms with Crippen molar-refractivity contribution in [2.75, 3.05) is 46.4 Å². The molecule has 0 bridgehead atoms. The summed E-state index contributed by atoms with van der Waals surface area (Å²) in [4.78, 5) is 0. The van der Waals surface area contributed by atoms with Crippen LogP contribution in [0, 0.1) is 0 Å². The second-order valence-electron chi connectivity index (χ2n) is 21.2. The Morgan fingerprint density at radius 1 is 0.447 bits per heavy atom. The molecule has 0 saturated carbocycles. The van der Waals surface area contributed by atoms with Crippen molar-refractivity contribution in [3.63, 3.8) is 0 Å². The van der Waals surface area contributed by atoms with Crippen LogP contribution in [-0.4, -0.2) is 116 Å². The molecule has 7 aromatic carbocycles. The Hall–Kier alpha value is -6.25. The van der Waals surface area contributed by atoms with Gasteiger partial charge in [-0.15, -0.1) is 6.58 Å². The summed E-state index contributed by atoms with van der Waals surface area (Å²) >= 11 is 0. The average Bonchev–Trinajstić information content (AvgIpc) is 3.38. The first-order valence-corrected chi connectivity index (χ1v) is 31.1. The molecule has 7 aromatic rings. The highest BCUT2D eigenvalue weighted by atomic mass is 32.2. The van der Waals surface area contributed by atoms with E-state index in [-0.39, 0.29) is 46.2 Å². The first-order chi connectivity index (χ1) is 41.7. The lowest BCUT2D eigenvalue weighted by Gasteiger charge is -2.50. The van der Waals surface area contributed by atoms with Crippen LogP contribution in [0.25, 0.3) is 0 Å². The molecule has 2 aliphatic heterocycles. The van der Waals surface area contributed by atoms with Crippen molar-refractivity contribution in [3.05, 3.63) is 264 Å². The molecule has 2 heterocycles. The Balaban J connectivity index is 0.974. The molecule has 85 heavy (non-hydrogen) atoms. The van der Waals surface area contributed by atoms with Crippen molar-refractivity contribution in [2.45, 2.75) is 119 Å². The summed E-state index contributed by atoms with van der Waals surface area (Å²) in [5.74, 6) is 0. The monoisotopic (exact) mass is 1180 g/mol. The molecule has 14 nitrogen and oxygen atoms in total. The zero-order valence-electron chi connectivity index (χ0n) is 48.6. The predicted molar refractivity (Wildman–Crippen MR) is 324 cm³/mol. The Morgan fingerprint density at radius 3 is 1.25 bits per heavy atom. The molecule has 0 aliphatic carbocycles. The van der Waals surface area contributed by atoms with Crippen molar-refractivity contribution >= 4 is 10.1 Å². The lowest BCUT2D eigenvalue weighted by molar-refractivity contribution is -0.379. The van der Waals surface area contributed by atoms with E-state index < -0.39 is 77.1 Å². The van der Waals surface area contributed by atoms with Gasteiger partial charge in [0.1, 0.15) is 54.4 Å². The quantitative estimate of drug-likeness (QED) is 0.0163. The predicted octanol–water partition coefficient (Wildman–Crippen LogP) is 11.9. The summed E-state index contributed by atoms with van der Waals surface area (Å²) in [6, 6.07) is 70.6. The van der Waals surface area contributed by atoms with E-state index in [1.54, 1.807) is 6.08 Å². The molecule has 0 radical (unpaired) electrons. The number of ether oxygens (including phenoxy) is 11. The minimum absolute atomic E-state index is 0.0722. The number of hydrogen-bond donors (Lipinski definition) is 0. The van der Waals surface area contributed by atoms with Gasteiger partial charge in [0.15, 0.2) is 12.6 Å². The maximum absolute atomic E-state index is 12.5.